The normalized spacial score (nSPS) is 12.4. The van der Waals surface area contributed by atoms with E-state index in [0.717, 1.165) is 55.3 Å². The molecular formula is C61H42O6. The minimum Gasteiger partial charge on any atom is -0.489 e. The maximum Gasteiger partial charge on any atom is 0.336 e. The predicted molar refractivity (Wildman–Crippen MR) is 265 cm³/mol. The first kappa shape index (κ1) is 41.0. The average Bonchev–Trinajstić information content (AvgIpc) is 3.68. The molecule has 0 aromatic heterocycles. The first-order chi connectivity index (χ1) is 32.8. The van der Waals surface area contributed by atoms with Crippen molar-refractivity contribution in [1.29, 1.82) is 0 Å². The van der Waals surface area contributed by atoms with E-state index in [2.05, 4.69) is 109 Å². The molecule has 0 saturated heterocycles. The van der Waals surface area contributed by atoms with Gasteiger partial charge >= 0.3 is 11.9 Å². The number of ether oxygens (including phenoxy) is 2. The van der Waals surface area contributed by atoms with Gasteiger partial charge in [0.15, 0.2) is 0 Å². The molecule has 10 aromatic carbocycles. The Morgan fingerprint density at radius 2 is 0.731 bits per heavy atom. The van der Waals surface area contributed by atoms with Gasteiger partial charge in [0.1, 0.15) is 24.7 Å². The molecule has 11 rings (SSSR count). The van der Waals surface area contributed by atoms with E-state index in [4.69, 9.17) is 9.47 Å². The maximum atomic E-state index is 11.8. The van der Waals surface area contributed by atoms with Crippen molar-refractivity contribution in [1.82, 2.24) is 0 Å². The molecule has 6 heteroatoms. The van der Waals surface area contributed by atoms with E-state index in [9.17, 15) is 19.8 Å². The summed E-state index contributed by atoms with van der Waals surface area (Å²) in [6.07, 6.45) is 0. The highest BCUT2D eigenvalue weighted by Crippen LogP contribution is 2.56. The molecule has 0 unspecified atom stereocenters. The number of benzene rings is 10. The third-order valence-electron chi connectivity index (χ3n) is 13.1. The second-order valence-electron chi connectivity index (χ2n) is 17.0. The summed E-state index contributed by atoms with van der Waals surface area (Å²) in [4.78, 5) is 23.6. The summed E-state index contributed by atoms with van der Waals surface area (Å²) in [5.74, 6) is -0.364. The van der Waals surface area contributed by atoms with Crippen molar-refractivity contribution >= 4 is 33.5 Å². The second kappa shape index (κ2) is 17.0. The Kier molecular flexibility index (Phi) is 10.4. The minimum atomic E-state index is -0.947. The number of aromatic carboxylic acids is 2. The van der Waals surface area contributed by atoms with E-state index >= 15 is 0 Å². The SMILES string of the molecule is O=C(O)c1ccccc1-c1ccc(COc2ccc3cc(C4(c5ccc6cc(OCc7ccc(-c8ccccc8C(=O)O)cc7)ccc6c5)c5ccccc5-c5ccccc54)ccc3c2)cc1. The standard InChI is InChI=1S/C61H42O6/c62-59(63)55-13-3-1-9-51(55)41-21-17-39(18-22-41)37-66-49-31-27-43-33-47(29-25-45(43)35-49)61(57-15-7-5-11-53(57)54-12-6-8-16-58(54)61)48-30-26-46-36-50(32-28-44(46)34-48)67-38-40-19-23-42(24-20-40)52-10-2-4-14-56(52)60(64)65/h1-36H,37-38H2,(H,62,63)(H,64,65). The van der Waals surface area contributed by atoms with Crippen molar-refractivity contribution < 1.29 is 29.3 Å². The van der Waals surface area contributed by atoms with Crippen LogP contribution in [0.3, 0.4) is 0 Å². The first-order valence-corrected chi connectivity index (χ1v) is 22.2. The van der Waals surface area contributed by atoms with Crippen LogP contribution in [0.1, 0.15) is 54.1 Å². The molecule has 322 valence electrons. The van der Waals surface area contributed by atoms with Crippen LogP contribution in [0, 0.1) is 0 Å². The van der Waals surface area contributed by atoms with Crippen LogP contribution >= 0.6 is 0 Å². The van der Waals surface area contributed by atoms with Crippen LogP contribution in [-0.4, -0.2) is 22.2 Å². The van der Waals surface area contributed by atoms with E-state index < -0.39 is 17.4 Å². The predicted octanol–water partition coefficient (Wildman–Crippen LogP) is 14.2. The summed E-state index contributed by atoms with van der Waals surface area (Å²) in [5.41, 5.74) is 12.3. The molecule has 0 atom stereocenters. The molecule has 2 N–H and O–H groups in total. The van der Waals surface area contributed by atoms with Crippen molar-refractivity contribution in [2.45, 2.75) is 18.6 Å². The molecule has 1 aliphatic rings. The smallest absolute Gasteiger partial charge is 0.336 e. The largest absolute Gasteiger partial charge is 0.489 e. The molecule has 0 aliphatic heterocycles. The summed E-state index contributed by atoms with van der Waals surface area (Å²) >= 11 is 0. The molecule has 0 fully saturated rings. The van der Waals surface area contributed by atoms with Gasteiger partial charge in [-0.3, -0.25) is 0 Å². The van der Waals surface area contributed by atoms with Crippen molar-refractivity contribution in [3.05, 3.63) is 263 Å². The fourth-order valence-electron chi connectivity index (χ4n) is 9.85. The van der Waals surface area contributed by atoms with Crippen molar-refractivity contribution in [2.24, 2.45) is 0 Å². The summed E-state index contributed by atoms with van der Waals surface area (Å²) in [5, 5.41) is 23.7. The Balaban J connectivity index is 0.877. The third kappa shape index (κ3) is 7.44. The lowest BCUT2D eigenvalue weighted by atomic mass is 9.67. The maximum absolute atomic E-state index is 11.8. The van der Waals surface area contributed by atoms with E-state index in [-0.39, 0.29) is 11.1 Å². The lowest BCUT2D eigenvalue weighted by Gasteiger charge is -2.34. The number of rotatable bonds is 12. The Morgan fingerprint density at radius 3 is 1.15 bits per heavy atom. The van der Waals surface area contributed by atoms with E-state index in [1.807, 2.05) is 84.9 Å². The fraction of sp³-hybridized carbons (Fsp3) is 0.0492. The van der Waals surface area contributed by atoms with Gasteiger partial charge in [-0.25, -0.2) is 9.59 Å². The minimum absolute atomic E-state index is 0.276. The Bertz CT molecular complexity index is 3300. The van der Waals surface area contributed by atoms with E-state index in [1.54, 1.807) is 24.3 Å². The molecule has 1 aliphatic carbocycles. The zero-order valence-electron chi connectivity index (χ0n) is 36.2. The highest BCUT2D eigenvalue weighted by molar-refractivity contribution is 5.97. The van der Waals surface area contributed by atoms with Crippen LogP contribution in [0.5, 0.6) is 11.5 Å². The summed E-state index contributed by atoms with van der Waals surface area (Å²) in [7, 11) is 0. The number of carboxylic acids is 2. The number of carboxylic acid groups (broad SMARTS) is 2. The van der Waals surface area contributed by atoms with Crippen molar-refractivity contribution in [2.75, 3.05) is 0 Å². The quantitative estimate of drug-likeness (QED) is 0.127. The molecule has 0 saturated carbocycles. The molecule has 6 nitrogen and oxygen atoms in total. The van der Waals surface area contributed by atoms with Gasteiger partial charge in [0.25, 0.3) is 0 Å². The van der Waals surface area contributed by atoms with Crippen LogP contribution < -0.4 is 9.47 Å². The summed E-state index contributed by atoms with van der Waals surface area (Å²) in [6, 6.07) is 73.4. The van der Waals surface area contributed by atoms with Gasteiger partial charge in [0, 0.05) is 0 Å². The van der Waals surface area contributed by atoms with Gasteiger partial charge in [0.2, 0.25) is 0 Å². The van der Waals surface area contributed by atoms with Crippen LogP contribution in [0.2, 0.25) is 0 Å². The lowest BCUT2D eigenvalue weighted by Crippen LogP contribution is -2.28. The van der Waals surface area contributed by atoms with Crippen molar-refractivity contribution in [3.8, 4) is 44.9 Å². The molecule has 0 spiro atoms. The lowest BCUT2D eigenvalue weighted by molar-refractivity contribution is 0.0687. The van der Waals surface area contributed by atoms with E-state index in [0.29, 0.717) is 24.3 Å². The number of hydrogen-bond donors (Lipinski definition) is 2. The topological polar surface area (TPSA) is 93.1 Å². The second-order valence-corrected chi connectivity index (χ2v) is 17.0. The monoisotopic (exact) mass is 870 g/mol. The molecular weight excluding hydrogens is 829 g/mol. The average molecular weight is 871 g/mol. The Hall–Kier alpha value is -8.74. The molecule has 67 heavy (non-hydrogen) atoms. The van der Waals surface area contributed by atoms with Gasteiger partial charge < -0.3 is 19.7 Å². The molecule has 0 radical (unpaired) electrons. The van der Waals surface area contributed by atoms with Crippen LogP contribution in [0.25, 0.3) is 54.9 Å². The zero-order valence-corrected chi connectivity index (χ0v) is 36.2. The van der Waals surface area contributed by atoms with Crippen LogP contribution in [0.4, 0.5) is 0 Å². The molecule has 0 amide bonds. The summed E-state index contributed by atoms with van der Waals surface area (Å²) < 4.78 is 12.6. The Morgan fingerprint density at radius 1 is 0.373 bits per heavy atom. The number of fused-ring (bicyclic) bond motifs is 5. The van der Waals surface area contributed by atoms with Gasteiger partial charge in [-0.1, -0.05) is 170 Å². The number of carbonyl (C=O) groups is 2. The zero-order chi connectivity index (χ0) is 45.5. The van der Waals surface area contributed by atoms with Crippen LogP contribution in [0.15, 0.2) is 218 Å². The third-order valence-corrected chi connectivity index (χ3v) is 13.1. The van der Waals surface area contributed by atoms with Gasteiger partial charge in [-0.05, 0) is 137 Å². The summed E-state index contributed by atoms with van der Waals surface area (Å²) in [6.45, 7) is 0.746. The fourth-order valence-corrected chi connectivity index (χ4v) is 9.85. The van der Waals surface area contributed by atoms with Gasteiger partial charge in [0.05, 0.1) is 16.5 Å². The van der Waals surface area contributed by atoms with Crippen molar-refractivity contribution in [3.63, 3.8) is 0 Å². The number of hydrogen-bond acceptors (Lipinski definition) is 4. The van der Waals surface area contributed by atoms with E-state index in [1.165, 1.54) is 33.4 Å². The van der Waals surface area contributed by atoms with Gasteiger partial charge in [-0.2, -0.15) is 0 Å². The molecule has 0 bridgehead atoms. The first-order valence-electron chi connectivity index (χ1n) is 22.2. The highest BCUT2D eigenvalue weighted by Gasteiger charge is 2.46. The van der Waals surface area contributed by atoms with Gasteiger partial charge in [-0.15, -0.1) is 0 Å². The van der Waals surface area contributed by atoms with Crippen LogP contribution in [-0.2, 0) is 18.6 Å². The molecule has 0 heterocycles. The molecule has 10 aromatic rings. The highest BCUT2D eigenvalue weighted by atomic mass is 16.5. The Labute approximate surface area is 387 Å².